The average Bonchev–Trinajstić information content (AvgIpc) is 3.25. The molecule has 25 heavy (non-hydrogen) atoms. The van der Waals surface area contributed by atoms with E-state index in [1.54, 1.807) is 6.92 Å². The van der Waals surface area contributed by atoms with Gasteiger partial charge in [0, 0.05) is 24.5 Å². The van der Waals surface area contributed by atoms with Crippen LogP contribution < -0.4 is 20.9 Å². The van der Waals surface area contributed by atoms with Gasteiger partial charge in [-0.3, -0.25) is 9.59 Å². The van der Waals surface area contributed by atoms with Crippen molar-refractivity contribution in [2.24, 2.45) is 5.92 Å². The molecule has 0 bridgehead atoms. The van der Waals surface area contributed by atoms with Crippen molar-refractivity contribution in [3.8, 4) is 0 Å². The Morgan fingerprint density at radius 2 is 2.00 bits per heavy atom. The van der Waals surface area contributed by atoms with Gasteiger partial charge in [0.15, 0.2) is 0 Å². The zero-order valence-corrected chi connectivity index (χ0v) is 14.9. The van der Waals surface area contributed by atoms with Gasteiger partial charge in [-0.25, -0.2) is 0 Å². The molecule has 136 valence electrons. The van der Waals surface area contributed by atoms with Gasteiger partial charge in [0.25, 0.3) is 0 Å². The molecule has 1 atom stereocenters. The quantitative estimate of drug-likeness (QED) is 0.671. The summed E-state index contributed by atoms with van der Waals surface area (Å²) in [7, 11) is 0. The second-order valence-electron chi connectivity index (χ2n) is 7.10. The van der Waals surface area contributed by atoms with Crippen molar-refractivity contribution < 1.29 is 9.59 Å². The third-order valence-electron chi connectivity index (χ3n) is 4.77. The predicted octanol–water partition coefficient (Wildman–Crippen LogP) is 1.73. The minimum atomic E-state index is -0.564. The largest absolute Gasteiger partial charge is 0.371 e. The molecule has 6 heteroatoms. The molecule has 1 aromatic carbocycles. The van der Waals surface area contributed by atoms with Crippen molar-refractivity contribution >= 4 is 23.2 Å². The summed E-state index contributed by atoms with van der Waals surface area (Å²) in [6, 6.07) is 7.33. The van der Waals surface area contributed by atoms with Gasteiger partial charge in [0.05, 0.1) is 6.54 Å². The van der Waals surface area contributed by atoms with Crippen LogP contribution in [-0.4, -0.2) is 44.0 Å². The molecule has 6 nitrogen and oxygen atoms in total. The predicted molar refractivity (Wildman–Crippen MR) is 99.7 cm³/mol. The molecule has 2 fully saturated rings. The van der Waals surface area contributed by atoms with Crippen molar-refractivity contribution in [3.05, 3.63) is 24.3 Å². The van der Waals surface area contributed by atoms with Gasteiger partial charge < -0.3 is 20.9 Å². The van der Waals surface area contributed by atoms with Gasteiger partial charge in [-0.2, -0.15) is 0 Å². The molecule has 1 saturated carbocycles. The number of nitrogens with zero attached hydrogens (tertiary/aromatic N) is 1. The van der Waals surface area contributed by atoms with E-state index in [0.29, 0.717) is 0 Å². The van der Waals surface area contributed by atoms with Crippen molar-refractivity contribution in [2.45, 2.75) is 38.6 Å². The summed E-state index contributed by atoms with van der Waals surface area (Å²) in [5.74, 6) is 0.389. The molecule has 3 N–H and O–H groups in total. The summed E-state index contributed by atoms with van der Waals surface area (Å²) >= 11 is 0. The summed E-state index contributed by atoms with van der Waals surface area (Å²) in [4.78, 5) is 26.5. The average molecular weight is 344 g/mol. The van der Waals surface area contributed by atoms with E-state index in [-0.39, 0.29) is 18.4 Å². The summed E-state index contributed by atoms with van der Waals surface area (Å²) in [5, 5.41) is 8.76. The Hall–Kier alpha value is -2.08. The first-order valence-electron chi connectivity index (χ1n) is 9.28. The fraction of sp³-hybridized carbons (Fsp3) is 0.579. The van der Waals surface area contributed by atoms with Crippen molar-refractivity contribution in [3.63, 3.8) is 0 Å². The number of nitrogens with one attached hydrogen (secondary N) is 3. The van der Waals surface area contributed by atoms with Gasteiger partial charge in [0.1, 0.15) is 6.04 Å². The van der Waals surface area contributed by atoms with Crippen LogP contribution in [0.4, 0.5) is 11.4 Å². The Morgan fingerprint density at radius 1 is 1.24 bits per heavy atom. The second-order valence-corrected chi connectivity index (χ2v) is 7.10. The maximum Gasteiger partial charge on any atom is 0.246 e. The third kappa shape index (κ3) is 5.46. The molecular formula is C19H28N4O2. The monoisotopic (exact) mass is 344 g/mol. The normalized spacial score (nSPS) is 18.0. The highest BCUT2D eigenvalue weighted by atomic mass is 16.2. The summed E-state index contributed by atoms with van der Waals surface area (Å²) in [6.07, 6.45) is 4.94. The summed E-state index contributed by atoms with van der Waals surface area (Å²) in [6.45, 7) is 4.99. The van der Waals surface area contributed by atoms with E-state index in [1.165, 1.54) is 25.7 Å². The third-order valence-corrected chi connectivity index (χ3v) is 4.77. The Kier molecular flexibility index (Phi) is 5.91. The van der Waals surface area contributed by atoms with Crippen molar-refractivity contribution in [1.82, 2.24) is 10.6 Å². The molecule has 1 heterocycles. The van der Waals surface area contributed by atoms with E-state index in [2.05, 4.69) is 26.9 Å². The first-order valence-corrected chi connectivity index (χ1v) is 9.28. The fourth-order valence-corrected chi connectivity index (χ4v) is 3.08. The second kappa shape index (κ2) is 8.34. The Morgan fingerprint density at radius 3 is 2.72 bits per heavy atom. The smallest absolute Gasteiger partial charge is 0.246 e. The number of anilines is 2. The molecule has 0 aromatic heterocycles. The molecule has 2 aliphatic rings. The van der Waals surface area contributed by atoms with Crippen molar-refractivity contribution in [1.29, 1.82) is 0 Å². The lowest BCUT2D eigenvalue weighted by Gasteiger charge is -2.19. The standard InChI is InChI=1S/C19H28N4O2/c1-14(21-18(24)13-20-12-15-7-8-15)19(25)22-16-5-4-6-17(11-16)23-9-2-3-10-23/h4-6,11,14-15,20H,2-3,7-10,12-13H2,1H3,(H,21,24)(H,22,25). The number of rotatable bonds is 8. The molecule has 1 aliphatic carbocycles. The number of benzene rings is 1. The highest BCUT2D eigenvalue weighted by molar-refractivity contribution is 5.97. The van der Waals surface area contributed by atoms with E-state index >= 15 is 0 Å². The molecule has 1 aromatic rings. The molecule has 1 saturated heterocycles. The fourth-order valence-electron chi connectivity index (χ4n) is 3.08. The molecule has 2 amide bonds. The summed E-state index contributed by atoms with van der Waals surface area (Å²) in [5.41, 5.74) is 1.90. The molecular weight excluding hydrogens is 316 g/mol. The SMILES string of the molecule is CC(NC(=O)CNCC1CC1)C(=O)Nc1cccc(N2CCCC2)c1. The number of carbonyl (C=O) groups is 2. The Balaban J connectivity index is 1.45. The van der Waals surface area contributed by atoms with E-state index < -0.39 is 6.04 Å². The van der Waals surface area contributed by atoms with Crippen molar-refractivity contribution in [2.75, 3.05) is 36.4 Å². The van der Waals surface area contributed by atoms with Crippen LogP contribution >= 0.6 is 0 Å². The number of amides is 2. The van der Waals surface area contributed by atoms with Crippen LogP contribution in [0.1, 0.15) is 32.6 Å². The first kappa shape index (κ1) is 17.7. The molecule has 1 unspecified atom stereocenters. The number of hydrogen-bond acceptors (Lipinski definition) is 4. The topological polar surface area (TPSA) is 73.5 Å². The molecule has 0 spiro atoms. The minimum Gasteiger partial charge on any atom is -0.371 e. The van der Waals surface area contributed by atoms with Gasteiger partial charge in [-0.15, -0.1) is 0 Å². The lowest BCUT2D eigenvalue weighted by Crippen LogP contribution is -2.45. The van der Waals surface area contributed by atoms with Crippen LogP contribution in [0.15, 0.2) is 24.3 Å². The molecule has 0 radical (unpaired) electrons. The first-order chi connectivity index (χ1) is 12.1. The van der Waals surface area contributed by atoms with E-state index in [1.807, 2.05) is 18.2 Å². The van der Waals surface area contributed by atoms with Crippen LogP contribution in [0, 0.1) is 5.92 Å². The number of carbonyl (C=O) groups excluding carboxylic acids is 2. The van der Waals surface area contributed by atoms with Crippen LogP contribution in [-0.2, 0) is 9.59 Å². The van der Waals surface area contributed by atoms with Gasteiger partial charge >= 0.3 is 0 Å². The highest BCUT2D eigenvalue weighted by Gasteiger charge is 2.21. The summed E-state index contributed by atoms with van der Waals surface area (Å²) < 4.78 is 0. The Labute approximate surface area is 149 Å². The van der Waals surface area contributed by atoms with Gasteiger partial charge in [0.2, 0.25) is 11.8 Å². The number of hydrogen-bond donors (Lipinski definition) is 3. The lowest BCUT2D eigenvalue weighted by molar-refractivity contribution is -0.125. The Bertz CT molecular complexity index is 609. The van der Waals surface area contributed by atoms with Crippen LogP contribution in [0.3, 0.4) is 0 Å². The maximum absolute atomic E-state index is 12.3. The van der Waals surface area contributed by atoms with Gasteiger partial charge in [-0.05, 0) is 63.3 Å². The van der Waals surface area contributed by atoms with Crippen LogP contribution in [0.25, 0.3) is 0 Å². The zero-order chi connectivity index (χ0) is 17.6. The maximum atomic E-state index is 12.3. The lowest BCUT2D eigenvalue weighted by atomic mass is 10.2. The minimum absolute atomic E-state index is 0.144. The van der Waals surface area contributed by atoms with E-state index in [4.69, 9.17) is 0 Å². The molecule has 1 aliphatic heterocycles. The van der Waals surface area contributed by atoms with E-state index in [0.717, 1.165) is 36.9 Å². The zero-order valence-electron chi connectivity index (χ0n) is 14.9. The highest BCUT2D eigenvalue weighted by Crippen LogP contribution is 2.27. The van der Waals surface area contributed by atoms with Gasteiger partial charge in [-0.1, -0.05) is 6.07 Å². The molecule has 3 rings (SSSR count). The van der Waals surface area contributed by atoms with E-state index in [9.17, 15) is 9.59 Å². The van der Waals surface area contributed by atoms with Crippen LogP contribution in [0.5, 0.6) is 0 Å². The van der Waals surface area contributed by atoms with Crippen LogP contribution in [0.2, 0.25) is 0 Å².